The van der Waals surface area contributed by atoms with Crippen molar-refractivity contribution in [2.75, 3.05) is 5.32 Å². The maximum atomic E-state index is 4.58. The molecule has 108 valence electrons. The molecule has 0 unspecified atom stereocenters. The molecule has 3 aromatic rings. The molecule has 0 saturated heterocycles. The number of aromatic nitrogens is 1. The normalized spacial score (nSPS) is 11.0. The van der Waals surface area contributed by atoms with Crippen molar-refractivity contribution in [1.29, 1.82) is 0 Å². The predicted molar refractivity (Wildman–Crippen MR) is 84.9 cm³/mol. The van der Waals surface area contributed by atoms with Crippen LogP contribution in [-0.4, -0.2) is 0 Å². The third kappa shape index (κ3) is 4.62. The lowest BCUT2D eigenvalue weighted by atomic mass is 10.2. The van der Waals surface area contributed by atoms with Crippen LogP contribution in [0.2, 0.25) is 0 Å². The molecule has 0 aliphatic rings. The van der Waals surface area contributed by atoms with Gasteiger partial charge in [0.05, 0.1) is 5.69 Å². The van der Waals surface area contributed by atoms with Crippen LogP contribution in [0.15, 0.2) is 59.6 Å². The highest BCUT2D eigenvalue weighted by molar-refractivity contribution is 7.69. The van der Waals surface area contributed by atoms with E-state index in [2.05, 4.69) is 34.3 Å². The molecule has 0 saturated carbocycles. The molecule has 0 spiro atoms. The van der Waals surface area contributed by atoms with Crippen LogP contribution in [0, 0.1) is 6.92 Å². The third-order valence-corrected chi connectivity index (χ3v) is 4.75. The van der Waals surface area contributed by atoms with E-state index in [0.717, 1.165) is 21.3 Å². The Balaban J connectivity index is 0.00000161. The van der Waals surface area contributed by atoms with Crippen molar-refractivity contribution < 1.29 is 29.0 Å². The summed E-state index contributed by atoms with van der Waals surface area (Å²) in [5.41, 5.74) is 3.28. The lowest BCUT2D eigenvalue weighted by Gasteiger charge is -1.94. The Morgan fingerprint density at radius 1 is 0.952 bits per heavy atom. The SMILES string of the molecule is Cc1ccc(N=c2[nH+]c(Nc3ccccc3)ss2)cc1.[I-]. The Hall–Kier alpha value is -1.25. The zero-order valence-corrected chi connectivity index (χ0v) is 15.1. The van der Waals surface area contributed by atoms with Gasteiger partial charge >= 0.3 is 4.80 Å². The van der Waals surface area contributed by atoms with Crippen LogP contribution in [0.3, 0.4) is 0 Å². The first-order chi connectivity index (χ1) is 9.79. The van der Waals surface area contributed by atoms with E-state index in [-0.39, 0.29) is 24.0 Å². The van der Waals surface area contributed by atoms with Crippen molar-refractivity contribution in [3.8, 4) is 0 Å². The number of benzene rings is 2. The fourth-order valence-electron chi connectivity index (χ4n) is 1.71. The first-order valence-electron chi connectivity index (χ1n) is 6.25. The molecule has 1 aromatic heterocycles. The fraction of sp³-hybridized carbons (Fsp3) is 0.0667. The Labute approximate surface area is 147 Å². The fourth-order valence-corrected chi connectivity index (χ4v) is 3.49. The van der Waals surface area contributed by atoms with Crippen LogP contribution in [0.25, 0.3) is 0 Å². The van der Waals surface area contributed by atoms with Crippen LogP contribution in [-0.2, 0) is 0 Å². The summed E-state index contributed by atoms with van der Waals surface area (Å²) < 4.78 is 0. The van der Waals surface area contributed by atoms with Crippen molar-refractivity contribution >= 4 is 37.2 Å². The number of nitrogens with one attached hydrogen (secondary N) is 2. The molecule has 0 radical (unpaired) electrons. The second kappa shape index (κ2) is 7.67. The first-order valence-corrected chi connectivity index (χ1v) is 8.40. The summed E-state index contributed by atoms with van der Waals surface area (Å²) >= 11 is 0. The van der Waals surface area contributed by atoms with E-state index in [1.54, 1.807) is 20.7 Å². The molecule has 0 fully saturated rings. The van der Waals surface area contributed by atoms with Gasteiger partial charge in [-0.05, 0) is 51.9 Å². The highest BCUT2D eigenvalue weighted by Gasteiger charge is 2.05. The van der Waals surface area contributed by atoms with Gasteiger partial charge in [0.25, 0.3) is 5.13 Å². The van der Waals surface area contributed by atoms with Crippen molar-refractivity contribution in [2.24, 2.45) is 4.99 Å². The van der Waals surface area contributed by atoms with E-state index in [0.29, 0.717) is 0 Å². The molecule has 21 heavy (non-hydrogen) atoms. The van der Waals surface area contributed by atoms with E-state index >= 15 is 0 Å². The van der Waals surface area contributed by atoms with Crippen LogP contribution in [0.4, 0.5) is 16.5 Å². The zero-order valence-electron chi connectivity index (χ0n) is 11.3. The van der Waals surface area contributed by atoms with Crippen LogP contribution >= 0.6 is 20.7 Å². The quantitative estimate of drug-likeness (QED) is 0.490. The number of halogens is 1. The maximum absolute atomic E-state index is 4.58. The van der Waals surface area contributed by atoms with Gasteiger partial charge in [0.2, 0.25) is 0 Å². The topological polar surface area (TPSA) is 38.5 Å². The van der Waals surface area contributed by atoms with E-state index in [9.17, 15) is 0 Å². The number of anilines is 2. The minimum Gasteiger partial charge on any atom is -1.00 e. The minimum atomic E-state index is 0. The Morgan fingerprint density at radius 2 is 1.67 bits per heavy atom. The average Bonchev–Trinajstić information content (AvgIpc) is 2.90. The second-order valence-electron chi connectivity index (χ2n) is 4.36. The van der Waals surface area contributed by atoms with Gasteiger partial charge in [-0.3, -0.25) is 5.32 Å². The lowest BCUT2D eigenvalue weighted by Crippen LogP contribution is -3.00. The van der Waals surface area contributed by atoms with Crippen molar-refractivity contribution in [1.82, 2.24) is 0 Å². The Kier molecular flexibility index (Phi) is 5.89. The molecule has 2 aromatic carbocycles. The van der Waals surface area contributed by atoms with E-state index in [1.807, 2.05) is 42.5 Å². The largest absolute Gasteiger partial charge is 1.00 e. The Morgan fingerprint density at radius 3 is 2.38 bits per heavy atom. The average molecular weight is 427 g/mol. The van der Waals surface area contributed by atoms with Gasteiger partial charge in [-0.25, -0.2) is 4.98 Å². The highest BCUT2D eigenvalue weighted by Crippen LogP contribution is 2.17. The number of para-hydroxylation sites is 1. The van der Waals surface area contributed by atoms with Crippen LogP contribution < -0.4 is 39.1 Å². The molecule has 1 heterocycles. The molecular formula is C15H14IN3S2. The smallest absolute Gasteiger partial charge is 0.330 e. The van der Waals surface area contributed by atoms with Gasteiger partial charge in [-0.2, -0.15) is 0 Å². The molecule has 0 bridgehead atoms. The molecule has 6 heteroatoms. The van der Waals surface area contributed by atoms with E-state index in [1.165, 1.54) is 5.56 Å². The summed E-state index contributed by atoms with van der Waals surface area (Å²) in [6.07, 6.45) is 0. The number of H-pyrrole nitrogens is 1. The minimum absolute atomic E-state index is 0. The molecular weight excluding hydrogens is 413 g/mol. The van der Waals surface area contributed by atoms with Gasteiger partial charge < -0.3 is 24.0 Å². The molecule has 2 N–H and O–H groups in total. The van der Waals surface area contributed by atoms with Crippen molar-refractivity contribution in [3.05, 3.63) is 65.0 Å². The van der Waals surface area contributed by atoms with Crippen molar-refractivity contribution in [3.63, 3.8) is 0 Å². The molecule has 0 amide bonds. The molecule has 3 rings (SSSR count). The highest BCUT2D eigenvalue weighted by atomic mass is 127. The number of aryl methyl sites for hydroxylation is 1. The molecule has 0 aliphatic carbocycles. The monoisotopic (exact) mass is 427 g/mol. The van der Waals surface area contributed by atoms with Gasteiger partial charge in [-0.15, -0.1) is 0 Å². The van der Waals surface area contributed by atoms with Crippen LogP contribution in [0.1, 0.15) is 5.56 Å². The number of rotatable bonds is 3. The Bertz CT molecular complexity index is 748. The summed E-state index contributed by atoms with van der Waals surface area (Å²) in [5, 5.41) is 4.33. The zero-order chi connectivity index (χ0) is 13.8. The predicted octanol–water partition coefficient (Wildman–Crippen LogP) is 0.912. The second-order valence-corrected chi connectivity index (χ2v) is 6.49. The van der Waals surface area contributed by atoms with Gasteiger partial charge in [0, 0.05) is 0 Å². The molecule has 3 nitrogen and oxygen atoms in total. The van der Waals surface area contributed by atoms with E-state index in [4.69, 9.17) is 0 Å². The van der Waals surface area contributed by atoms with Gasteiger partial charge in [0.1, 0.15) is 5.69 Å². The summed E-state index contributed by atoms with van der Waals surface area (Å²) in [4.78, 5) is 8.76. The molecule has 0 aliphatic heterocycles. The number of hydrogen-bond donors (Lipinski definition) is 1. The molecule has 0 atom stereocenters. The standard InChI is InChI=1S/C15H13N3S2.HI/c1-11-7-9-13(10-8-11)17-15-18-14(19-20-15)16-12-5-3-2-4-6-12;/h2-10H,1H3,(H,16,17,18);1H. The van der Waals surface area contributed by atoms with Crippen LogP contribution in [0.5, 0.6) is 0 Å². The lowest BCUT2D eigenvalue weighted by molar-refractivity contribution is -0.372. The van der Waals surface area contributed by atoms with Gasteiger partial charge in [-0.1, -0.05) is 40.9 Å². The first kappa shape index (κ1) is 16.1. The summed E-state index contributed by atoms with van der Waals surface area (Å²) in [6.45, 7) is 2.07. The van der Waals surface area contributed by atoms with Crippen molar-refractivity contribution in [2.45, 2.75) is 6.92 Å². The summed E-state index contributed by atoms with van der Waals surface area (Å²) in [7, 11) is 3.27. The number of aromatic amines is 1. The van der Waals surface area contributed by atoms with Gasteiger partial charge in [0.15, 0.2) is 0 Å². The maximum Gasteiger partial charge on any atom is 0.330 e. The van der Waals surface area contributed by atoms with E-state index < -0.39 is 0 Å². The summed E-state index contributed by atoms with van der Waals surface area (Å²) in [6, 6.07) is 18.3. The third-order valence-electron chi connectivity index (χ3n) is 2.72. The number of nitrogens with zero attached hydrogens (tertiary/aromatic N) is 1. The number of hydrogen-bond acceptors (Lipinski definition) is 4. The summed E-state index contributed by atoms with van der Waals surface area (Å²) in [5.74, 6) is 0.